The van der Waals surface area contributed by atoms with Crippen LogP contribution in [0.5, 0.6) is 0 Å². The minimum absolute atomic E-state index is 0.691. The molecule has 0 amide bonds. The van der Waals surface area contributed by atoms with Crippen LogP contribution in [0.3, 0.4) is 0 Å². The number of fused-ring (bicyclic) bond motifs is 5. The smallest absolute Gasteiger partial charge is 0.160 e. The number of benzene rings is 7. The molecule has 3 heterocycles. The second kappa shape index (κ2) is 14.4. The van der Waals surface area contributed by atoms with Crippen molar-refractivity contribution in [3.05, 3.63) is 193 Å². The molecule has 0 atom stereocenters. The third-order valence-corrected chi connectivity index (χ3v) is 11.1. The third kappa shape index (κ3) is 5.94. The molecule has 0 aliphatic carbocycles. The van der Waals surface area contributed by atoms with Gasteiger partial charge < -0.3 is 9.88 Å². The zero-order chi connectivity index (χ0) is 38.3. The van der Waals surface area contributed by atoms with Crippen LogP contribution in [0.2, 0.25) is 0 Å². The third-order valence-electron chi connectivity index (χ3n) is 11.1. The van der Waals surface area contributed by atoms with E-state index in [1.165, 1.54) is 60.4 Å². The van der Waals surface area contributed by atoms with Crippen molar-refractivity contribution in [1.82, 2.24) is 19.9 Å². The highest BCUT2D eigenvalue weighted by Crippen LogP contribution is 2.44. The number of nitrogens with one attached hydrogen (secondary N) is 1. The number of nitrogens with zero attached hydrogens (tertiary/aromatic N) is 3. The van der Waals surface area contributed by atoms with Crippen LogP contribution in [0, 0.1) is 0 Å². The molecule has 4 nitrogen and oxygen atoms in total. The standard InChI is InChI=1S/C53H40N4/c1-3-16-40(4-2)57-49-28-27-37(32-45(49)46-34-54-30-29-50(46)57)48-33-47(35-17-7-5-8-18-35)55-53(56-48)39-22-15-21-38(31-39)52-43-25-13-11-23-41(43)51(36-19-9-6-10-20-36)42-24-12-14-26-44(42)52/h3-33,54H,34H2,1-2H3/b16-3-,40-4+. The SMILES string of the molecule is C/C=C\C(=C/C)n1c2c(c3cc(-c4cc(-c5ccccc5)nc(-c5cccc(-c6c7ccccc7c(-c7ccccc7)c7ccccc67)c5)n4)ccc31)CNC=C2. The first-order valence-electron chi connectivity index (χ1n) is 19.6. The average molecular weight is 733 g/mol. The zero-order valence-electron chi connectivity index (χ0n) is 31.9. The van der Waals surface area contributed by atoms with Crippen molar-refractivity contribution in [2.24, 2.45) is 0 Å². The Labute approximate surface area is 332 Å². The van der Waals surface area contributed by atoms with Crippen molar-refractivity contribution in [3.8, 4) is 56.2 Å². The summed E-state index contributed by atoms with van der Waals surface area (Å²) in [6.07, 6.45) is 10.7. The van der Waals surface area contributed by atoms with Gasteiger partial charge in [0.25, 0.3) is 0 Å². The molecule has 10 rings (SSSR count). The molecule has 1 aliphatic rings. The summed E-state index contributed by atoms with van der Waals surface area (Å²) < 4.78 is 2.36. The maximum atomic E-state index is 5.35. The molecule has 57 heavy (non-hydrogen) atoms. The first-order chi connectivity index (χ1) is 28.2. The van der Waals surface area contributed by atoms with Crippen molar-refractivity contribution in [3.63, 3.8) is 0 Å². The monoisotopic (exact) mass is 732 g/mol. The maximum Gasteiger partial charge on any atom is 0.160 e. The molecule has 0 fully saturated rings. The lowest BCUT2D eigenvalue weighted by Crippen LogP contribution is -2.11. The van der Waals surface area contributed by atoms with Crippen molar-refractivity contribution in [2.45, 2.75) is 20.4 Å². The summed E-state index contributed by atoms with van der Waals surface area (Å²) in [6, 6.07) is 56.4. The lowest BCUT2D eigenvalue weighted by Gasteiger charge is -2.18. The highest BCUT2D eigenvalue weighted by molar-refractivity contribution is 6.21. The second-order valence-electron chi connectivity index (χ2n) is 14.5. The Kier molecular flexibility index (Phi) is 8.65. The van der Waals surface area contributed by atoms with Gasteiger partial charge in [-0.05, 0) is 100 Å². The highest BCUT2D eigenvalue weighted by atomic mass is 15.0. The fourth-order valence-corrected chi connectivity index (χ4v) is 8.59. The summed E-state index contributed by atoms with van der Waals surface area (Å²) in [7, 11) is 0. The van der Waals surface area contributed by atoms with Crippen LogP contribution >= 0.6 is 0 Å². The van der Waals surface area contributed by atoms with Crippen molar-refractivity contribution >= 4 is 44.2 Å². The maximum absolute atomic E-state index is 5.35. The molecule has 0 saturated carbocycles. The number of aromatic nitrogens is 3. The molecule has 0 bridgehead atoms. The normalized spacial score (nSPS) is 12.8. The van der Waals surface area contributed by atoms with Crippen LogP contribution < -0.4 is 5.32 Å². The highest BCUT2D eigenvalue weighted by Gasteiger charge is 2.21. The average Bonchev–Trinajstić information content (AvgIpc) is 3.61. The number of rotatable bonds is 7. The van der Waals surface area contributed by atoms with Gasteiger partial charge in [-0.15, -0.1) is 0 Å². The second-order valence-corrected chi connectivity index (χ2v) is 14.5. The van der Waals surface area contributed by atoms with Gasteiger partial charge in [-0.3, -0.25) is 0 Å². The minimum Gasteiger partial charge on any atom is -0.387 e. The largest absolute Gasteiger partial charge is 0.387 e. The summed E-state index contributed by atoms with van der Waals surface area (Å²) in [5.74, 6) is 0.691. The number of hydrogen-bond acceptors (Lipinski definition) is 3. The van der Waals surface area contributed by atoms with Gasteiger partial charge in [0.1, 0.15) is 0 Å². The van der Waals surface area contributed by atoms with Crippen molar-refractivity contribution in [1.29, 1.82) is 0 Å². The van der Waals surface area contributed by atoms with Crippen LogP contribution in [-0.4, -0.2) is 14.5 Å². The van der Waals surface area contributed by atoms with Gasteiger partial charge in [0, 0.05) is 39.9 Å². The molecule has 0 spiro atoms. The van der Waals surface area contributed by atoms with Gasteiger partial charge in [-0.1, -0.05) is 146 Å². The Hall–Kier alpha value is -7.30. The molecule has 4 heteroatoms. The topological polar surface area (TPSA) is 42.7 Å². The Morgan fingerprint density at radius 1 is 0.544 bits per heavy atom. The Morgan fingerprint density at radius 3 is 1.77 bits per heavy atom. The van der Waals surface area contributed by atoms with E-state index in [9.17, 15) is 0 Å². The van der Waals surface area contributed by atoms with Gasteiger partial charge in [0.2, 0.25) is 0 Å². The molecule has 272 valence electrons. The Bertz CT molecular complexity index is 3020. The summed E-state index contributed by atoms with van der Waals surface area (Å²) in [6.45, 7) is 4.92. The Morgan fingerprint density at radius 2 is 1.12 bits per heavy atom. The van der Waals surface area contributed by atoms with Crippen LogP contribution in [0.25, 0.3) is 100 Å². The number of hydrogen-bond donors (Lipinski definition) is 1. The van der Waals surface area contributed by atoms with E-state index in [0.717, 1.165) is 45.9 Å². The van der Waals surface area contributed by atoms with E-state index in [-0.39, 0.29) is 0 Å². The van der Waals surface area contributed by atoms with E-state index in [2.05, 4.69) is 200 Å². The predicted octanol–water partition coefficient (Wildman–Crippen LogP) is 13.6. The summed E-state index contributed by atoms with van der Waals surface area (Å²) >= 11 is 0. The summed E-state index contributed by atoms with van der Waals surface area (Å²) in [4.78, 5) is 10.6. The Balaban J connectivity index is 1.17. The van der Waals surface area contributed by atoms with E-state index in [4.69, 9.17) is 9.97 Å². The summed E-state index contributed by atoms with van der Waals surface area (Å²) in [5, 5.41) is 9.57. The first-order valence-corrected chi connectivity index (χ1v) is 19.6. The van der Waals surface area contributed by atoms with Gasteiger partial charge in [-0.25, -0.2) is 9.97 Å². The van der Waals surface area contributed by atoms with Crippen molar-refractivity contribution < 1.29 is 0 Å². The molecule has 0 saturated heterocycles. The van der Waals surface area contributed by atoms with E-state index >= 15 is 0 Å². The molecule has 1 aliphatic heterocycles. The zero-order valence-corrected chi connectivity index (χ0v) is 31.9. The predicted molar refractivity (Wildman–Crippen MR) is 240 cm³/mol. The molecule has 7 aromatic carbocycles. The molecule has 1 N–H and O–H groups in total. The van der Waals surface area contributed by atoms with Crippen LogP contribution in [0.1, 0.15) is 25.1 Å². The molecule has 0 unspecified atom stereocenters. The van der Waals surface area contributed by atoms with Gasteiger partial charge >= 0.3 is 0 Å². The molecule has 0 radical (unpaired) electrons. The molecule has 2 aromatic heterocycles. The van der Waals surface area contributed by atoms with E-state index in [1.54, 1.807) is 0 Å². The van der Waals surface area contributed by atoms with E-state index in [0.29, 0.717) is 5.82 Å². The van der Waals surface area contributed by atoms with Gasteiger partial charge in [0.05, 0.1) is 22.6 Å². The fraction of sp³-hybridized carbons (Fsp3) is 0.0566. The van der Waals surface area contributed by atoms with Gasteiger partial charge in [0.15, 0.2) is 5.82 Å². The molecular weight excluding hydrogens is 693 g/mol. The fourth-order valence-electron chi connectivity index (χ4n) is 8.59. The minimum atomic E-state index is 0.691. The van der Waals surface area contributed by atoms with Crippen molar-refractivity contribution in [2.75, 3.05) is 0 Å². The quantitative estimate of drug-likeness (QED) is 0.131. The van der Waals surface area contributed by atoms with Crippen LogP contribution in [-0.2, 0) is 6.54 Å². The van der Waals surface area contributed by atoms with E-state index in [1.807, 2.05) is 12.3 Å². The van der Waals surface area contributed by atoms with E-state index < -0.39 is 0 Å². The van der Waals surface area contributed by atoms with Crippen LogP contribution in [0.15, 0.2) is 182 Å². The number of allylic oxidation sites excluding steroid dienone is 4. The van der Waals surface area contributed by atoms with Gasteiger partial charge in [-0.2, -0.15) is 0 Å². The van der Waals surface area contributed by atoms with Crippen LogP contribution in [0.4, 0.5) is 0 Å². The first kappa shape index (κ1) is 34.2. The summed E-state index contributed by atoms with van der Waals surface area (Å²) in [5.41, 5.74) is 14.5. The lowest BCUT2D eigenvalue weighted by atomic mass is 9.85. The lowest BCUT2D eigenvalue weighted by molar-refractivity contribution is 0.857. The molecule has 9 aromatic rings. The molecular formula is C53H40N4.